The van der Waals surface area contributed by atoms with Gasteiger partial charge in [0.05, 0.1) is 0 Å². The smallest absolute Gasteiger partial charge is 0.317 e. The quantitative estimate of drug-likeness (QED) is 0.616. The van der Waals surface area contributed by atoms with Crippen LogP contribution in [-0.4, -0.2) is 65.8 Å². The summed E-state index contributed by atoms with van der Waals surface area (Å²) in [6.07, 6.45) is 0.554. The lowest BCUT2D eigenvalue weighted by Gasteiger charge is -2.36. The van der Waals surface area contributed by atoms with Crippen molar-refractivity contribution in [2.75, 3.05) is 31.1 Å². The third-order valence-electron chi connectivity index (χ3n) is 7.12. The molecule has 0 radical (unpaired) electrons. The second-order valence-corrected chi connectivity index (χ2v) is 9.86. The van der Waals surface area contributed by atoms with Crippen LogP contribution < -0.4 is 15.5 Å². The summed E-state index contributed by atoms with van der Waals surface area (Å²) in [4.78, 5) is 54.8. The van der Waals surface area contributed by atoms with E-state index in [2.05, 4.69) is 21.6 Å². The zero-order valence-corrected chi connectivity index (χ0v) is 20.8. The monoisotopic (exact) mass is 509 g/mol. The van der Waals surface area contributed by atoms with E-state index in [1.807, 2.05) is 31.2 Å². The van der Waals surface area contributed by atoms with Gasteiger partial charge in [0.25, 0.3) is 5.91 Å². The summed E-state index contributed by atoms with van der Waals surface area (Å²) in [7, 11) is 0. The van der Waals surface area contributed by atoms with Gasteiger partial charge in [-0.15, -0.1) is 0 Å². The minimum atomic E-state index is -0.639. The molecule has 5 rings (SSSR count). The van der Waals surface area contributed by atoms with E-state index >= 15 is 0 Å². The van der Waals surface area contributed by atoms with Crippen molar-refractivity contribution in [1.29, 1.82) is 0 Å². The summed E-state index contributed by atoms with van der Waals surface area (Å²) >= 11 is 6.26. The lowest BCUT2D eigenvalue weighted by Crippen LogP contribution is -2.52. The van der Waals surface area contributed by atoms with Crippen molar-refractivity contribution in [1.82, 2.24) is 20.4 Å². The normalized spacial score (nSPS) is 19.9. The van der Waals surface area contributed by atoms with Crippen molar-refractivity contribution in [3.8, 4) is 0 Å². The summed E-state index contributed by atoms with van der Waals surface area (Å²) in [6.45, 7) is 5.29. The first-order valence-electron chi connectivity index (χ1n) is 12.1. The van der Waals surface area contributed by atoms with Gasteiger partial charge in [-0.25, -0.2) is 4.79 Å². The Bertz CT molecular complexity index is 1240. The Morgan fingerprint density at radius 3 is 2.58 bits per heavy atom. The molecule has 0 spiro atoms. The lowest BCUT2D eigenvalue weighted by atomic mass is 10.0. The summed E-state index contributed by atoms with van der Waals surface area (Å²) in [5.41, 5.74) is 4.36. The minimum absolute atomic E-state index is 0.127. The highest BCUT2D eigenvalue weighted by molar-refractivity contribution is 6.31. The standard InChI is InChI=1S/C26H28ClN5O4/c1-16-2-4-19(13-21(16)27)30-8-10-31(11-9-30)26(36)28-14-17-3-5-20-18(12-17)15-32(25(20)35)22-6-7-23(33)29-24(22)34/h2-5,12-13,22H,6-11,14-15H2,1H3,(H,28,36)(H,29,33,34). The number of amides is 5. The summed E-state index contributed by atoms with van der Waals surface area (Å²) in [5.74, 6) is -0.937. The number of urea groups is 1. The lowest BCUT2D eigenvalue weighted by molar-refractivity contribution is -0.136. The number of benzene rings is 2. The fraction of sp³-hybridized carbons (Fsp3) is 0.385. The van der Waals surface area contributed by atoms with Crippen LogP contribution in [0.3, 0.4) is 0 Å². The molecule has 9 nitrogen and oxygen atoms in total. The molecule has 1 unspecified atom stereocenters. The van der Waals surface area contributed by atoms with Gasteiger partial charge < -0.3 is 20.0 Å². The molecule has 2 fully saturated rings. The number of imide groups is 1. The first-order chi connectivity index (χ1) is 17.3. The molecular formula is C26H28ClN5O4. The summed E-state index contributed by atoms with van der Waals surface area (Å²) in [6, 6.07) is 10.7. The van der Waals surface area contributed by atoms with Crippen LogP contribution in [0.5, 0.6) is 0 Å². The Morgan fingerprint density at radius 1 is 1.08 bits per heavy atom. The van der Waals surface area contributed by atoms with E-state index in [0.29, 0.717) is 38.2 Å². The zero-order chi connectivity index (χ0) is 25.4. The first kappa shape index (κ1) is 24.1. The van der Waals surface area contributed by atoms with Gasteiger partial charge >= 0.3 is 6.03 Å². The largest absolute Gasteiger partial charge is 0.368 e. The van der Waals surface area contributed by atoms with E-state index in [9.17, 15) is 19.2 Å². The molecule has 0 saturated carbocycles. The average Bonchev–Trinajstić information content (AvgIpc) is 3.19. The SMILES string of the molecule is Cc1ccc(N2CCN(C(=O)NCc3ccc4c(c3)CN(C3CCC(=O)NC3=O)C4=O)CC2)cc1Cl. The molecular weight excluding hydrogens is 482 g/mol. The Hall–Kier alpha value is -3.59. The molecule has 2 aromatic carbocycles. The number of nitrogens with zero attached hydrogens (tertiary/aromatic N) is 3. The fourth-order valence-electron chi connectivity index (χ4n) is 4.97. The Labute approximate surface area is 214 Å². The molecule has 2 N–H and O–H groups in total. The molecule has 188 valence electrons. The number of carbonyl (C=O) groups is 4. The summed E-state index contributed by atoms with van der Waals surface area (Å²) < 4.78 is 0. The number of piperidine rings is 1. The van der Waals surface area contributed by atoms with Crippen LogP contribution in [0.4, 0.5) is 10.5 Å². The average molecular weight is 510 g/mol. The first-order valence-corrected chi connectivity index (χ1v) is 12.5. The highest BCUT2D eigenvalue weighted by Crippen LogP contribution is 2.28. The van der Waals surface area contributed by atoms with Crippen LogP contribution in [0.2, 0.25) is 5.02 Å². The molecule has 5 amide bonds. The predicted octanol–water partition coefficient (Wildman–Crippen LogP) is 2.44. The topological polar surface area (TPSA) is 102 Å². The van der Waals surface area contributed by atoms with Crippen molar-refractivity contribution in [3.05, 3.63) is 63.7 Å². The van der Waals surface area contributed by atoms with Crippen LogP contribution in [0.25, 0.3) is 0 Å². The van der Waals surface area contributed by atoms with Gasteiger partial charge in [-0.1, -0.05) is 29.8 Å². The van der Waals surface area contributed by atoms with Crippen LogP contribution in [-0.2, 0) is 22.7 Å². The van der Waals surface area contributed by atoms with Gasteiger partial charge in [0, 0.05) is 62.0 Å². The summed E-state index contributed by atoms with van der Waals surface area (Å²) in [5, 5.41) is 6.03. The minimum Gasteiger partial charge on any atom is -0.368 e. The molecule has 1 atom stereocenters. The van der Waals surface area contributed by atoms with Crippen molar-refractivity contribution in [3.63, 3.8) is 0 Å². The fourth-order valence-corrected chi connectivity index (χ4v) is 5.15. The Kier molecular flexibility index (Phi) is 6.57. The Morgan fingerprint density at radius 2 is 1.86 bits per heavy atom. The second kappa shape index (κ2) is 9.81. The number of anilines is 1. The maximum absolute atomic E-state index is 12.8. The molecule has 0 aliphatic carbocycles. The van der Waals surface area contributed by atoms with Gasteiger partial charge in [-0.3, -0.25) is 19.7 Å². The number of aryl methyl sites for hydroxylation is 1. The maximum Gasteiger partial charge on any atom is 0.317 e. The van der Waals surface area contributed by atoms with E-state index < -0.39 is 11.9 Å². The van der Waals surface area contributed by atoms with Crippen LogP contribution >= 0.6 is 11.6 Å². The zero-order valence-electron chi connectivity index (χ0n) is 20.1. The molecule has 2 aromatic rings. The molecule has 3 heterocycles. The number of carbonyl (C=O) groups excluding carboxylic acids is 4. The van der Waals surface area contributed by atoms with E-state index in [4.69, 9.17) is 11.6 Å². The van der Waals surface area contributed by atoms with Crippen molar-refractivity contribution < 1.29 is 19.2 Å². The van der Waals surface area contributed by atoms with Crippen molar-refractivity contribution >= 4 is 41.0 Å². The van der Waals surface area contributed by atoms with Gasteiger partial charge in [-0.05, 0) is 48.2 Å². The van der Waals surface area contributed by atoms with Crippen molar-refractivity contribution in [2.24, 2.45) is 0 Å². The number of nitrogens with one attached hydrogen (secondary N) is 2. The molecule has 3 aliphatic heterocycles. The van der Waals surface area contributed by atoms with Gasteiger partial charge in [0.2, 0.25) is 11.8 Å². The molecule has 2 saturated heterocycles. The Balaban J connectivity index is 1.15. The third kappa shape index (κ3) is 4.75. The van der Waals surface area contributed by atoms with E-state index in [1.54, 1.807) is 11.0 Å². The van der Waals surface area contributed by atoms with Gasteiger partial charge in [-0.2, -0.15) is 0 Å². The van der Waals surface area contributed by atoms with Crippen LogP contribution in [0.15, 0.2) is 36.4 Å². The molecule has 36 heavy (non-hydrogen) atoms. The van der Waals surface area contributed by atoms with E-state index in [1.165, 1.54) is 4.90 Å². The molecule has 10 heteroatoms. The van der Waals surface area contributed by atoms with Crippen LogP contribution in [0, 0.1) is 6.92 Å². The highest BCUT2D eigenvalue weighted by Gasteiger charge is 2.39. The number of hydrogen-bond acceptors (Lipinski definition) is 5. The molecule has 0 aromatic heterocycles. The van der Waals surface area contributed by atoms with E-state index in [-0.39, 0.29) is 24.3 Å². The van der Waals surface area contributed by atoms with Gasteiger partial charge in [0.1, 0.15) is 6.04 Å². The van der Waals surface area contributed by atoms with Crippen LogP contribution in [0.1, 0.15) is 39.9 Å². The molecule has 3 aliphatic rings. The number of halogens is 1. The number of hydrogen-bond donors (Lipinski definition) is 2. The number of fused-ring (bicyclic) bond motifs is 1. The molecule has 0 bridgehead atoms. The number of rotatable bonds is 4. The van der Waals surface area contributed by atoms with Gasteiger partial charge in [0.15, 0.2) is 0 Å². The third-order valence-corrected chi connectivity index (χ3v) is 7.53. The van der Waals surface area contributed by atoms with E-state index in [0.717, 1.165) is 40.5 Å². The van der Waals surface area contributed by atoms with Crippen molar-refractivity contribution in [2.45, 2.75) is 38.9 Å². The highest BCUT2D eigenvalue weighted by atomic mass is 35.5. The number of piperazine rings is 1. The predicted molar refractivity (Wildman–Crippen MR) is 135 cm³/mol. The maximum atomic E-state index is 12.8. The second-order valence-electron chi connectivity index (χ2n) is 9.46.